The fraction of sp³-hybridized carbons (Fsp3) is 0.357. The highest BCUT2D eigenvalue weighted by molar-refractivity contribution is 5.17. The van der Waals surface area contributed by atoms with Crippen molar-refractivity contribution >= 4 is 0 Å². The molecule has 0 bridgehead atoms. The van der Waals surface area contributed by atoms with Gasteiger partial charge in [-0.2, -0.15) is 0 Å². The smallest absolute Gasteiger partial charge is 0.121 e. The molecular weight excluding hydrogens is 226 g/mol. The molecule has 4 nitrogen and oxygen atoms in total. The first-order valence-corrected chi connectivity index (χ1v) is 6.21. The van der Waals surface area contributed by atoms with Gasteiger partial charge >= 0.3 is 0 Å². The molecule has 2 aromatic rings. The van der Waals surface area contributed by atoms with Crippen LogP contribution >= 0.6 is 0 Å². The minimum Gasteiger partial charge on any atom is -0.468 e. The van der Waals surface area contributed by atoms with Crippen LogP contribution in [0.4, 0.5) is 0 Å². The van der Waals surface area contributed by atoms with Gasteiger partial charge in [-0.05, 0) is 24.7 Å². The molecule has 0 fully saturated rings. The molecule has 0 unspecified atom stereocenters. The summed E-state index contributed by atoms with van der Waals surface area (Å²) in [5, 5.41) is 0. The van der Waals surface area contributed by atoms with E-state index in [0.717, 1.165) is 36.7 Å². The zero-order valence-corrected chi connectivity index (χ0v) is 10.7. The number of hydrogen-bond donors (Lipinski definition) is 1. The molecule has 0 saturated carbocycles. The number of nitrogens with zero attached hydrogens (tertiary/aromatic N) is 2. The summed E-state index contributed by atoms with van der Waals surface area (Å²) in [6, 6.07) is 7.98. The number of aromatic nitrogens is 1. The minimum atomic E-state index is 0.448. The minimum absolute atomic E-state index is 0.448. The first-order valence-electron chi connectivity index (χ1n) is 6.21. The topological polar surface area (TPSA) is 55.3 Å². The Bertz CT molecular complexity index is 467. The van der Waals surface area contributed by atoms with Gasteiger partial charge in [-0.1, -0.05) is 13.0 Å². The van der Waals surface area contributed by atoms with Crippen LogP contribution in [0.1, 0.15) is 23.9 Å². The van der Waals surface area contributed by atoms with E-state index in [1.54, 1.807) is 6.26 Å². The van der Waals surface area contributed by atoms with Crippen molar-refractivity contribution in [2.24, 2.45) is 5.73 Å². The standard InChI is InChI=1S/C14H19N3O/c1-2-17(11-13-5-3-4-7-16-13)10-12-6-8-18-14(12)9-15/h3-8H,2,9-11,15H2,1H3. The van der Waals surface area contributed by atoms with E-state index in [4.69, 9.17) is 10.2 Å². The van der Waals surface area contributed by atoms with Crippen LogP contribution < -0.4 is 5.73 Å². The monoisotopic (exact) mass is 245 g/mol. The number of nitrogens with two attached hydrogens (primary N) is 1. The van der Waals surface area contributed by atoms with E-state index in [1.807, 2.05) is 30.5 Å². The molecule has 2 aromatic heterocycles. The van der Waals surface area contributed by atoms with E-state index in [0.29, 0.717) is 6.54 Å². The van der Waals surface area contributed by atoms with Crippen LogP contribution in [0, 0.1) is 0 Å². The van der Waals surface area contributed by atoms with E-state index in [9.17, 15) is 0 Å². The molecule has 0 aliphatic rings. The largest absolute Gasteiger partial charge is 0.468 e. The SMILES string of the molecule is CCN(Cc1ccccn1)Cc1ccoc1CN. The molecule has 2 heterocycles. The lowest BCUT2D eigenvalue weighted by Gasteiger charge is -2.19. The lowest BCUT2D eigenvalue weighted by molar-refractivity contribution is 0.266. The summed E-state index contributed by atoms with van der Waals surface area (Å²) >= 11 is 0. The van der Waals surface area contributed by atoms with Crippen molar-refractivity contribution in [1.82, 2.24) is 9.88 Å². The third-order valence-corrected chi connectivity index (χ3v) is 2.98. The molecule has 18 heavy (non-hydrogen) atoms. The zero-order valence-electron chi connectivity index (χ0n) is 10.7. The van der Waals surface area contributed by atoms with Gasteiger partial charge in [0.15, 0.2) is 0 Å². The van der Waals surface area contributed by atoms with Crippen LogP contribution in [-0.4, -0.2) is 16.4 Å². The van der Waals surface area contributed by atoms with Gasteiger partial charge in [0, 0.05) is 24.8 Å². The summed E-state index contributed by atoms with van der Waals surface area (Å²) in [5.74, 6) is 0.870. The Morgan fingerprint density at radius 3 is 2.83 bits per heavy atom. The van der Waals surface area contributed by atoms with Crippen molar-refractivity contribution in [3.8, 4) is 0 Å². The van der Waals surface area contributed by atoms with Gasteiger partial charge in [-0.3, -0.25) is 9.88 Å². The highest BCUT2D eigenvalue weighted by atomic mass is 16.3. The molecule has 0 radical (unpaired) electrons. The average molecular weight is 245 g/mol. The summed E-state index contributed by atoms with van der Waals surface area (Å²) in [6.07, 6.45) is 3.53. The first-order chi connectivity index (χ1) is 8.83. The van der Waals surface area contributed by atoms with E-state index < -0.39 is 0 Å². The molecule has 96 valence electrons. The Kier molecular flexibility index (Phi) is 4.50. The Balaban J connectivity index is 2.02. The fourth-order valence-electron chi connectivity index (χ4n) is 1.93. The quantitative estimate of drug-likeness (QED) is 0.847. The fourth-order valence-corrected chi connectivity index (χ4v) is 1.93. The third-order valence-electron chi connectivity index (χ3n) is 2.98. The van der Waals surface area contributed by atoms with Crippen LogP contribution in [0.15, 0.2) is 41.1 Å². The molecule has 0 atom stereocenters. The molecule has 0 amide bonds. The van der Waals surface area contributed by atoms with Crippen molar-refractivity contribution in [1.29, 1.82) is 0 Å². The normalized spacial score (nSPS) is 11.1. The van der Waals surface area contributed by atoms with Crippen LogP contribution in [0.5, 0.6) is 0 Å². The summed E-state index contributed by atoms with van der Waals surface area (Å²) in [7, 11) is 0. The van der Waals surface area contributed by atoms with Crippen molar-refractivity contribution in [2.75, 3.05) is 6.54 Å². The molecule has 0 spiro atoms. The number of furan rings is 1. The Morgan fingerprint density at radius 1 is 1.28 bits per heavy atom. The molecule has 2 N–H and O–H groups in total. The Hall–Kier alpha value is -1.65. The summed E-state index contributed by atoms with van der Waals surface area (Å²) in [4.78, 5) is 6.66. The molecular formula is C14H19N3O. The van der Waals surface area contributed by atoms with Gasteiger partial charge in [-0.25, -0.2) is 0 Å². The lowest BCUT2D eigenvalue weighted by Crippen LogP contribution is -2.23. The number of rotatable bonds is 6. The number of pyridine rings is 1. The highest BCUT2D eigenvalue weighted by Crippen LogP contribution is 2.14. The van der Waals surface area contributed by atoms with E-state index >= 15 is 0 Å². The lowest BCUT2D eigenvalue weighted by atomic mass is 10.2. The summed E-state index contributed by atoms with van der Waals surface area (Å²) < 4.78 is 5.34. The van der Waals surface area contributed by atoms with Gasteiger partial charge in [0.05, 0.1) is 18.5 Å². The maximum absolute atomic E-state index is 5.64. The zero-order chi connectivity index (χ0) is 12.8. The van der Waals surface area contributed by atoms with Crippen molar-refractivity contribution < 1.29 is 4.42 Å². The Morgan fingerprint density at radius 2 is 2.17 bits per heavy atom. The molecule has 0 aliphatic carbocycles. The summed E-state index contributed by atoms with van der Waals surface area (Å²) in [6.45, 7) is 5.24. The maximum atomic E-state index is 5.64. The molecule has 0 aromatic carbocycles. The summed E-state index contributed by atoms with van der Waals surface area (Å²) in [5.41, 5.74) is 7.88. The second-order valence-corrected chi connectivity index (χ2v) is 4.20. The van der Waals surface area contributed by atoms with Crippen LogP contribution in [0.3, 0.4) is 0 Å². The Labute approximate surface area is 107 Å². The van der Waals surface area contributed by atoms with E-state index in [1.165, 1.54) is 0 Å². The molecule has 4 heteroatoms. The van der Waals surface area contributed by atoms with Crippen LogP contribution in [0.25, 0.3) is 0 Å². The predicted molar refractivity (Wildman–Crippen MR) is 70.6 cm³/mol. The van der Waals surface area contributed by atoms with Crippen LogP contribution in [-0.2, 0) is 19.6 Å². The molecule has 0 aliphatic heterocycles. The first kappa shape index (κ1) is 12.8. The maximum Gasteiger partial charge on any atom is 0.121 e. The van der Waals surface area contributed by atoms with Gasteiger partial charge < -0.3 is 10.2 Å². The third kappa shape index (κ3) is 3.18. The van der Waals surface area contributed by atoms with Gasteiger partial charge in [-0.15, -0.1) is 0 Å². The van der Waals surface area contributed by atoms with Crippen LogP contribution in [0.2, 0.25) is 0 Å². The van der Waals surface area contributed by atoms with Gasteiger partial charge in [0.25, 0.3) is 0 Å². The second-order valence-electron chi connectivity index (χ2n) is 4.20. The second kappa shape index (κ2) is 6.33. The van der Waals surface area contributed by atoms with Gasteiger partial charge in [0.1, 0.15) is 5.76 Å². The number of hydrogen-bond acceptors (Lipinski definition) is 4. The average Bonchev–Trinajstić information content (AvgIpc) is 2.86. The van der Waals surface area contributed by atoms with Crippen molar-refractivity contribution in [2.45, 2.75) is 26.6 Å². The van der Waals surface area contributed by atoms with Gasteiger partial charge in [0.2, 0.25) is 0 Å². The predicted octanol–water partition coefficient (Wildman–Crippen LogP) is 2.16. The molecule has 0 saturated heterocycles. The van der Waals surface area contributed by atoms with E-state index in [-0.39, 0.29) is 0 Å². The van der Waals surface area contributed by atoms with Crippen molar-refractivity contribution in [3.63, 3.8) is 0 Å². The highest BCUT2D eigenvalue weighted by Gasteiger charge is 2.10. The van der Waals surface area contributed by atoms with E-state index in [2.05, 4.69) is 16.8 Å². The molecule has 2 rings (SSSR count). The van der Waals surface area contributed by atoms with Crippen molar-refractivity contribution in [3.05, 3.63) is 53.7 Å².